The number of hydrogen-bond acceptors (Lipinski definition) is 2. The maximum Gasteiger partial charge on any atom is 0.416 e. The second kappa shape index (κ2) is 5.46. The Bertz CT molecular complexity index is 794. The lowest BCUT2D eigenvalue weighted by atomic mass is 10.2. The van der Waals surface area contributed by atoms with Gasteiger partial charge >= 0.3 is 6.18 Å². The number of aliphatic hydroxyl groups is 1. The summed E-state index contributed by atoms with van der Waals surface area (Å²) in [5, 5.41) is 9.42. The Morgan fingerprint density at radius 1 is 1.05 bits per heavy atom. The van der Waals surface area contributed by atoms with Crippen LogP contribution in [0, 0.1) is 0 Å². The molecule has 0 bridgehead atoms. The molecule has 1 N–H and O–H groups in total. The summed E-state index contributed by atoms with van der Waals surface area (Å²) in [6, 6.07) is 12.9. The molecule has 0 aliphatic heterocycles. The second-order valence-electron chi connectivity index (χ2n) is 4.96. The summed E-state index contributed by atoms with van der Waals surface area (Å²) in [5.41, 5.74) is 1.04. The maximum atomic E-state index is 12.8. The van der Waals surface area contributed by atoms with Gasteiger partial charge in [-0.1, -0.05) is 30.3 Å². The minimum atomic E-state index is -4.41. The molecule has 0 aliphatic carbocycles. The van der Waals surface area contributed by atoms with Crippen molar-refractivity contribution < 1.29 is 18.3 Å². The fourth-order valence-corrected chi connectivity index (χ4v) is 2.42. The van der Waals surface area contributed by atoms with E-state index in [4.69, 9.17) is 0 Å². The van der Waals surface area contributed by atoms with E-state index in [2.05, 4.69) is 4.98 Å². The lowest BCUT2D eigenvalue weighted by Crippen LogP contribution is -2.06. The van der Waals surface area contributed by atoms with Gasteiger partial charge in [0.1, 0.15) is 12.4 Å². The highest BCUT2D eigenvalue weighted by Crippen LogP contribution is 2.31. The SMILES string of the molecule is OCc1nc2cc(C(F)(F)F)ccc2n1Cc1ccccc1. The highest BCUT2D eigenvalue weighted by atomic mass is 19.4. The second-order valence-corrected chi connectivity index (χ2v) is 4.96. The first-order valence-electron chi connectivity index (χ1n) is 6.70. The van der Waals surface area contributed by atoms with Gasteiger partial charge in [0.2, 0.25) is 0 Å². The number of benzene rings is 2. The van der Waals surface area contributed by atoms with Crippen LogP contribution in [0.3, 0.4) is 0 Å². The highest BCUT2D eigenvalue weighted by Gasteiger charge is 2.31. The number of nitrogens with zero attached hydrogens (tertiary/aromatic N) is 2. The average molecular weight is 306 g/mol. The van der Waals surface area contributed by atoms with Crippen LogP contribution >= 0.6 is 0 Å². The van der Waals surface area contributed by atoms with E-state index in [1.165, 1.54) is 6.07 Å². The molecule has 3 nitrogen and oxygen atoms in total. The molecule has 0 radical (unpaired) electrons. The topological polar surface area (TPSA) is 38.1 Å². The van der Waals surface area contributed by atoms with E-state index in [-0.39, 0.29) is 12.1 Å². The third kappa shape index (κ3) is 2.69. The Balaban J connectivity index is 2.09. The van der Waals surface area contributed by atoms with Crippen molar-refractivity contribution in [1.29, 1.82) is 0 Å². The van der Waals surface area contributed by atoms with Crippen molar-refractivity contribution in [2.75, 3.05) is 0 Å². The number of fused-ring (bicyclic) bond motifs is 1. The Kier molecular flexibility index (Phi) is 3.62. The summed E-state index contributed by atoms with van der Waals surface area (Å²) >= 11 is 0. The van der Waals surface area contributed by atoms with Gasteiger partial charge in [-0.25, -0.2) is 4.98 Å². The van der Waals surface area contributed by atoms with Crippen molar-refractivity contribution in [3.8, 4) is 0 Å². The molecule has 0 spiro atoms. The molecule has 6 heteroatoms. The van der Waals surface area contributed by atoms with Crippen LogP contribution in [0.5, 0.6) is 0 Å². The quantitative estimate of drug-likeness (QED) is 0.803. The van der Waals surface area contributed by atoms with Gasteiger partial charge in [-0.15, -0.1) is 0 Å². The zero-order valence-corrected chi connectivity index (χ0v) is 11.5. The fraction of sp³-hybridized carbons (Fsp3) is 0.188. The van der Waals surface area contributed by atoms with Crippen LogP contribution in [0.15, 0.2) is 48.5 Å². The molecular weight excluding hydrogens is 293 g/mol. The minimum absolute atomic E-state index is 0.231. The van der Waals surface area contributed by atoms with E-state index in [1.807, 2.05) is 30.3 Å². The van der Waals surface area contributed by atoms with Crippen LogP contribution in [0.4, 0.5) is 13.2 Å². The lowest BCUT2D eigenvalue weighted by Gasteiger charge is -2.09. The van der Waals surface area contributed by atoms with Gasteiger partial charge < -0.3 is 9.67 Å². The summed E-state index contributed by atoms with van der Waals surface area (Å²) in [7, 11) is 0. The number of aliphatic hydroxyl groups excluding tert-OH is 1. The van der Waals surface area contributed by atoms with Crippen molar-refractivity contribution in [1.82, 2.24) is 9.55 Å². The van der Waals surface area contributed by atoms with Gasteiger partial charge in [-0.05, 0) is 23.8 Å². The van der Waals surface area contributed by atoms with Gasteiger partial charge in [-0.2, -0.15) is 13.2 Å². The smallest absolute Gasteiger partial charge is 0.388 e. The van der Waals surface area contributed by atoms with E-state index in [0.29, 0.717) is 17.9 Å². The predicted molar refractivity (Wildman–Crippen MR) is 76.2 cm³/mol. The molecule has 0 atom stereocenters. The van der Waals surface area contributed by atoms with Crippen molar-refractivity contribution in [3.63, 3.8) is 0 Å². The molecule has 0 unspecified atom stereocenters. The molecule has 3 aromatic rings. The van der Waals surface area contributed by atoms with Gasteiger partial charge in [0.15, 0.2) is 0 Å². The van der Waals surface area contributed by atoms with Gasteiger partial charge in [0, 0.05) is 6.54 Å². The standard InChI is InChI=1S/C16H13F3N2O/c17-16(18,19)12-6-7-14-13(8-12)20-15(10-22)21(14)9-11-4-2-1-3-5-11/h1-8,22H,9-10H2. The molecular formula is C16H13F3N2O. The summed E-state index contributed by atoms with van der Waals surface area (Å²) in [4.78, 5) is 4.11. The van der Waals surface area contributed by atoms with E-state index in [9.17, 15) is 18.3 Å². The molecule has 0 amide bonds. The number of aromatic nitrogens is 2. The van der Waals surface area contributed by atoms with Crippen LogP contribution in [-0.2, 0) is 19.3 Å². The van der Waals surface area contributed by atoms with Crippen LogP contribution in [0.25, 0.3) is 11.0 Å². The van der Waals surface area contributed by atoms with E-state index in [1.54, 1.807) is 4.57 Å². The van der Waals surface area contributed by atoms with Crippen molar-refractivity contribution in [2.45, 2.75) is 19.3 Å². The van der Waals surface area contributed by atoms with Gasteiger partial charge in [0.25, 0.3) is 0 Å². The summed E-state index contributed by atoms with van der Waals surface area (Å²) in [6.07, 6.45) is -4.41. The monoisotopic (exact) mass is 306 g/mol. The Morgan fingerprint density at radius 2 is 1.77 bits per heavy atom. The third-order valence-corrected chi connectivity index (χ3v) is 3.48. The third-order valence-electron chi connectivity index (χ3n) is 3.48. The molecule has 1 heterocycles. The molecule has 2 aromatic carbocycles. The van der Waals surface area contributed by atoms with Crippen molar-refractivity contribution in [3.05, 3.63) is 65.5 Å². The summed E-state index contributed by atoms with van der Waals surface area (Å²) in [5.74, 6) is 0.346. The lowest BCUT2D eigenvalue weighted by molar-refractivity contribution is -0.137. The zero-order valence-electron chi connectivity index (χ0n) is 11.5. The van der Waals surface area contributed by atoms with Crippen LogP contribution < -0.4 is 0 Å². The summed E-state index contributed by atoms with van der Waals surface area (Å²) < 4.78 is 40.0. The Labute approximate surface area is 124 Å². The van der Waals surface area contributed by atoms with Crippen molar-refractivity contribution >= 4 is 11.0 Å². The molecule has 1 aromatic heterocycles. The maximum absolute atomic E-state index is 12.8. The average Bonchev–Trinajstić information content (AvgIpc) is 2.84. The molecule has 0 saturated heterocycles. The molecule has 114 valence electrons. The van der Waals surface area contributed by atoms with E-state index < -0.39 is 11.7 Å². The zero-order chi connectivity index (χ0) is 15.7. The number of alkyl halides is 3. The summed E-state index contributed by atoms with van der Waals surface area (Å²) in [6.45, 7) is 0.113. The molecule has 22 heavy (non-hydrogen) atoms. The van der Waals surface area contributed by atoms with Crippen LogP contribution in [-0.4, -0.2) is 14.7 Å². The highest BCUT2D eigenvalue weighted by molar-refractivity contribution is 5.77. The Hall–Kier alpha value is -2.34. The number of halogens is 3. The first kappa shape index (κ1) is 14.6. The van der Waals surface area contributed by atoms with Gasteiger partial charge in [0.05, 0.1) is 16.6 Å². The van der Waals surface area contributed by atoms with Crippen molar-refractivity contribution in [2.24, 2.45) is 0 Å². The normalized spacial score (nSPS) is 12.0. The van der Waals surface area contributed by atoms with E-state index >= 15 is 0 Å². The Morgan fingerprint density at radius 3 is 2.41 bits per heavy atom. The van der Waals surface area contributed by atoms with Gasteiger partial charge in [-0.3, -0.25) is 0 Å². The molecule has 0 saturated carbocycles. The molecule has 0 fully saturated rings. The first-order valence-corrected chi connectivity index (χ1v) is 6.70. The minimum Gasteiger partial charge on any atom is -0.388 e. The molecule has 3 rings (SSSR count). The number of imidazole rings is 1. The fourth-order valence-electron chi connectivity index (χ4n) is 2.42. The number of rotatable bonds is 3. The first-order chi connectivity index (χ1) is 10.5. The predicted octanol–water partition coefficient (Wildman–Crippen LogP) is 3.60. The van der Waals surface area contributed by atoms with E-state index in [0.717, 1.165) is 17.7 Å². The largest absolute Gasteiger partial charge is 0.416 e. The number of hydrogen-bond donors (Lipinski definition) is 1. The molecule has 0 aliphatic rings. The van der Waals surface area contributed by atoms with Crippen LogP contribution in [0.1, 0.15) is 17.0 Å². The van der Waals surface area contributed by atoms with Crippen LogP contribution in [0.2, 0.25) is 0 Å².